The molecule has 1 aromatic carbocycles. The number of hydrogen-bond acceptors (Lipinski definition) is 6. The van der Waals surface area contributed by atoms with E-state index in [1.54, 1.807) is 29.3 Å². The average Bonchev–Trinajstić information content (AvgIpc) is 2.79. The van der Waals surface area contributed by atoms with Crippen LogP contribution < -0.4 is 5.32 Å². The van der Waals surface area contributed by atoms with Crippen molar-refractivity contribution in [1.82, 2.24) is 15.3 Å². The van der Waals surface area contributed by atoms with Crippen LogP contribution in [0.25, 0.3) is 0 Å². The molecule has 1 unspecified atom stereocenters. The number of piperidine rings is 1. The Balaban J connectivity index is 1.62. The van der Waals surface area contributed by atoms with Crippen LogP contribution in [0.5, 0.6) is 0 Å². The van der Waals surface area contributed by atoms with Crippen molar-refractivity contribution >= 4 is 23.6 Å². The van der Waals surface area contributed by atoms with Gasteiger partial charge in [0, 0.05) is 49.3 Å². The Morgan fingerprint density at radius 1 is 1.16 bits per heavy atom. The normalized spacial score (nSPS) is 19.4. The van der Waals surface area contributed by atoms with Crippen LogP contribution in [0.15, 0.2) is 47.9 Å². The molecule has 0 bridgehead atoms. The van der Waals surface area contributed by atoms with Crippen molar-refractivity contribution in [2.45, 2.75) is 38.5 Å². The van der Waals surface area contributed by atoms with Crippen molar-refractivity contribution in [3.05, 3.63) is 58.5 Å². The lowest BCUT2D eigenvalue weighted by atomic mass is 10.1. The molecule has 168 valence electrons. The second-order valence-corrected chi connectivity index (χ2v) is 7.89. The Labute approximate surface area is 187 Å². The number of nitrogens with zero attached hydrogens (tertiary/aromatic N) is 2. The first-order valence-corrected chi connectivity index (χ1v) is 10.5. The number of allylic oxidation sites excluding steroid dienone is 1. The molecule has 0 radical (unpaired) electrons. The lowest BCUT2D eigenvalue weighted by Crippen LogP contribution is -2.45. The summed E-state index contributed by atoms with van der Waals surface area (Å²) in [5.74, 6) is 0.443. The number of ether oxygens (including phenoxy) is 2. The summed E-state index contributed by atoms with van der Waals surface area (Å²) in [6.45, 7) is 3.43. The molecule has 8 nitrogen and oxygen atoms in total. The molecule has 0 saturated carbocycles. The van der Waals surface area contributed by atoms with Gasteiger partial charge in [0.15, 0.2) is 6.04 Å². The van der Waals surface area contributed by atoms with Crippen LogP contribution in [0, 0.1) is 0 Å². The minimum Gasteiger partial charge on any atom is -0.490 e. The van der Waals surface area contributed by atoms with Gasteiger partial charge in [0.1, 0.15) is 11.9 Å². The summed E-state index contributed by atoms with van der Waals surface area (Å²) in [6.07, 6.45) is 4.55. The van der Waals surface area contributed by atoms with E-state index >= 15 is 0 Å². The van der Waals surface area contributed by atoms with Gasteiger partial charge in [0.2, 0.25) is 5.91 Å². The second kappa shape index (κ2) is 10.5. The highest BCUT2D eigenvalue weighted by Crippen LogP contribution is 2.26. The summed E-state index contributed by atoms with van der Waals surface area (Å²) in [5, 5.41) is 5.07. The standard InChI is InChI=1S/C22H28ClN3O5/c1-15-14-26(30-3)19(21(27)24-13-16-4-6-17(23)7-5-16)12-20(15)31-18-8-10-25(11-9-18)22(28)29-2/h4-7,12,14,18-19H,8-11,13H2,1-3H3,(H,24,27). The minimum atomic E-state index is -0.661. The molecule has 2 amide bonds. The predicted molar refractivity (Wildman–Crippen MR) is 116 cm³/mol. The van der Waals surface area contributed by atoms with E-state index in [4.69, 9.17) is 25.9 Å². The number of rotatable bonds is 6. The number of benzene rings is 1. The van der Waals surface area contributed by atoms with Gasteiger partial charge in [-0.3, -0.25) is 9.63 Å². The third kappa shape index (κ3) is 5.92. The van der Waals surface area contributed by atoms with Crippen molar-refractivity contribution in [2.75, 3.05) is 27.3 Å². The number of hydroxylamine groups is 2. The second-order valence-electron chi connectivity index (χ2n) is 7.45. The number of carbonyl (C=O) groups is 2. The highest BCUT2D eigenvalue weighted by molar-refractivity contribution is 6.30. The topological polar surface area (TPSA) is 80.3 Å². The van der Waals surface area contributed by atoms with E-state index in [9.17, 15) is 9.59 Å². The molecular formula is C22H28ClN3O5. The number of amides is 2. The fourth-order valence-corrected chi connectivity index (χ4v) is 3.66. The molecule has 0 aliphatic carbocycles. The van der Waals surface area contributed by atoms with E-state index in [0.29, 0.717) is 43.3 Å². The van der Waals surface area contributed by atoms with E-state index in [1.807, 2.05) is 19.1 Å². The van der Waals surface area contributed by atoms with Gasteiger partial charge in [0.25, 0.3) is 0 Å². The Morgan fingerprint density at radius 2 is 1.84 bits per heavy atom. The summed E-state index contributed by atoms with van der Waals surface area (Å²) in [7, 11) is 2.90. The molecule has 31 heavy (non-hydrogen) atoms. The van der Waals surface area contributed by atoms with Crippen LogP contribution >= 0.6 is 11.6 Å². The third-order valence-electron chi connectivity index (χ3n) is 5.32. The Kier molecular flexibility index (Phi) is 7.81. The summed E-state index contributed by atoms with van der Waals surface area (Å²) < 4.78 is 11.0. The molecule has 1 aromatic rings. The average molecular weight is 450 g/mol. The van der Waals surface area contributed by atoms with E-state index < -0.39 is 6.04 Å². The number of halogens is 1. The molecule has 1 atom stereocenters. The molecule has 1 saturated heterocycles. The van der Waals surface area contributed by atoms with Gasteiger partial charge in [-0.15, -0.1) is 0 Å². The third-order valence-corrected chi connectivity index (χ3v) is 5.57. The molecule has 3 rings (SSSR count). The van der Waals surface area contributed by atoms with Crippen LogP contribution in [0.4, 0.5) is 4.79 Å². The summed E-state index contributed by atoms with van der Waals surface area (Å²) in [4.78, 5) is 31.6. The molecular weight excluding hydrogens is 422 g/mol. The number of methoxy groups -OCH3 is 1. The maximum Gasteiger partial charge on any atom is 0.409 e. The van der Waals surface area contributed by atoms with E-state index in [-0.39, 0.29) is 18.1 Å². The van der Waals surface area contributed by atoms with Gasteiger partial charge in [0.05, 0.1) is 14.2 Å². The first-order valence-electron chi connectivity index (χ1n) is 10.2. The predicted octanol–water partition coefficient (Wildman–Crippen LogP) is 3.24. The number of carbonyl (C=O) groups excluding carboxylic acids is 2. The lowest BCUT2D eigenvalue weighted by molar-refractivity contribution is -0.147. The monoisotopic (exact) mass is 449 g/mol. The molecule has 2 aliphatic rings. The number of hydrogen-bond donors (Lipinski definition) is 1. The van der Waals surface area contributed by atoms with Gasteiger partial charge in [-0.2, -0.15) is 0 Å². The molecule has 0 spiro atoms. The maximum absolute atomic E-state index is 12.9. The fraction of sp³-hybridized carbons (Fsp3) is 0.455. The van der Waals surface area contributed by atoms with Crippen molar-refractivity contribution in [2.24, 2.45) is 0 Å². The van der Waals surface area contributed by atoms with Crippen LogP contribution in [0.1, 0.15) is 25.3 Å². The molecule has 2 heterocycles. The summed E-state index contributed by atoms with van der Waals surface area (Å²) in [5.41, 5.74) is 1.81. The number of likely N-dealkylation sites (tertiary alicyclic amines) is 1. The Morgan fingerprint density at radius 3 is 2.45 bits per heavy atom. The number of nitrogens with one attached hydrogen (secondary N) is 1. The van der Waals surface area contributed by atoms with Gasteiger partial charge >= 0.3 is 6.09 Å². The fourth-order valence-electron chi connectivity index (χ4n) is 3.53. The summed E-state index contributed by atoms with van der Waals surface area (Å²) >= 11 is 5.91. The van der Waals surface area contributed by atoms with Crippen LogP contribution in [-0.2, 0) is 25.7 Å². The molecule has 1 N–H and O–H groups in total. The van der Waals surface area contributed by atoms with E-state index in [0.717, 1.165) is 11.1 Å². The maximum atomic E-state index is 12.9. The molecule has 1 fully saturated rings. The first kappa shape index (κ1) is 23.0. The quantitative estimate of drug-likeness (QED) is 0.718. The van der Waals surface area contributed by atoms with Crippen LogP contribution in [-0.4, -0.2) is 61.4 Å². The smallest absolute Gasteiger partial charge is 0.409 e. The highest BCUT2D eigenvalue weighted by atomic mass is 35.5. The zero-order valence-electron chi connectivity index (χ0n) is 18.0. The van der Waals surface area contributed by atoms with Gasteiger partial charge in [-0.1, -0.05) is 23.7 Å². The summed E-state index contributed by atoms with van der Waals surface area (Å²) in [6, 6.07) is 6.65. The largest absolute Gasteiger partial charge is 0.490 e. The Hall–Kier alpha value is -2.71. The van der Waals surface area contributed by atoms with E-state index in [1.165, 1.54) is 19.3 Å². The lowest BCUT2D eigenvalue weighted by Gasteiger charge is -2.34. The van der Waals surface area contributed by atoms with E-state index in [2.05, 4.69) is 5.32 Å². The molecule has 9 heteroatoms. The van der Waals surface area contributed by atoms with Gasteiger partial charge in [-0.25, -0.2) is 9.86 Å². The zero-order chi connectivity index (χ0) is 22.4. The van der Waals surface area contributed by atoms with Crippen molar-refractivity contribution in [3.63, 3.8) is 0 Å². The van der Waals surface area contributed by atoms with Crippen molar-refractivity contribution in [3.8, 4) is 0 Å². The van der Waals surface area contributed by atoms with Crippen LogP contribution in [0.2, 0.25) is 5.02 Å². The minimum absolute atomic E-state index is 0.0395. The highest BCUT2D eigenvalue weighted by Gasteiger charge is 2.30. The SMILES string of the molecule is COC(=O)N1CCC(OC2=CC(C(=O)NCc3ccc(Cl)cc3)N(OC)C=C2C)CC1. The first-order chi connectivity index (χ1) is 14.9. The molecule has 0 aromatic heterocycles. The molecule has 2 aliphatic heterocycles. The zero-order valence-corrected chi connectivity index (χ0v) is 18.7. The van der Waals surface area contributed by atoms with Gasteiger partial charge < -0.3 is 19.7 Å². The van der Waals surface area contributed by atoms with Gasteiger partial charge in [-0.05, 0) is 30.7 Å². The van der Waals surface area contributed by atoms with Crippen molar-refractivity contribution < 1.29 is 23.9 Å². The van der Waals surface area contributed by atoms with Crippen molar-refractivity contribution in [1.29, 1.82) is 0 Å². The Bertz CT molecular complexity index is 847. The van der Waals surface area contributed by atoms with Crippen LogP contribution in [0.3, 0.4) is 0 Å².